The Morgan fingerprint density at radius 2 is 2.29 bits per heavy atom. The number of carbonyl (C=O) groups excluding carboxylic acids is 1. The van der Waals surface area contributed by atoms with E-state index in [1.54, 1.807) is 23.1 Å². The number of benzene rings is 1. The Morgan fingerprint density at radius 1 is 1.43 bits per heavy atom. The number of aromatic nitrogens is 2. The fraction of sp³-hybridized carbons (Fsp3) is 0.214. The number of ether oxygens (including phenoxy) is 1. The third-order valence-corrected chi connectivity index (χ3v) is 3.42. The van der Waals surface area contributed by atoms with Crippen molar-refractivity contribution >= 4 is 17.5 Å². The van der Waals surface area contributed by atoms with Crippen LogP contribution in [0.5, 0.6) is 5.75 Å². The molecule has 2 aromatic rings. The van der Waals surface area contributed by atoms with Gasteiger partial charge in [-0.05, 0) is 18.2 Å². The molecule has 2 heterocycles. The minimum atomic E-state index is -0.345. The van der Waals surface area contributed by atoms with Gasteiger partial charge < -0.3 is 14.6 Å². The van der Waals surface area contributed by atoms with Crippen LogP contribution in [0, 0.1) is 0 Å². The number of nitrogens with zero attached hydrogens (tertiary/aromatic N) is 2. The molecule has 0 radical (unpaired) electrons. The van der Waals surface area contributed by atoms with Gasteiger partial charge in [-0.2, -0.15) is 0 Å². The van der Waals surface area contributed by atoms with E-state index in [0.29, 0.717) is 24.7 Å². The smallest absolute Gasteiger partial charge is 0.274 e. The van der Waals surface area contributed by atoms with Gasteiger partial charge in [-0.15, -0.1) is 0 Å². The summed E-state index contributed by atoms with van der Waals surface area (Å²) in [6.45, 7) is 1.21. The minimum Gasteiger partial charge on any atom is -0.491 e. The van der Waals surface area contributed by atoms with Crippen molar-refractivity contribution in [1.29, 1.82) is 0 Å². The largest absolute Gasteiger partial charge is 0.491 e. The van der Waals surface area contributed by atoms with Crippen LogP contribution in [0.4, 0.5) is 0 Å². The molecule has 21 heavy (non-hydrogen) atoms. The Hall–Kier alpha value is -2.34. The predicted molar refractivity (Wildman–Crippen MR) is 76.5 cm³/mol. The molecule has 0 spiro atoms. The number of amides is 1. The molecule has 1 aromatic carbocycles. The maximum Gasteiger partial charge on any atom is 0.274 e. The number of hydrogen-bond acceptors (Lipinski definition) is 4. The van der Waals surface area contributed by atoms with Crippen molar-refractivity contribution in [2.45, 2.75) is 6.54 Å². The third kappa shape index (κ3) is 2.90. The van der Waals surface area contributed by atoms with Crippen LogP contribution in [0.25, 0.3) is 0 Å². The van der Waals surface area contributed by atoms with Crippen molar-refractivity contribution in [2.75, 3.05) is 13.2 Å². The second kappa shape index (κ2) is 5.57. The summed E-state index contributed by atoms with van der Waals surface area (Å²) in [5.74, 6) is 0.465. The molecule has 0 atom stereocenters. The molecule has 0 saturated carbocycles. The molecule has 0 unspecified atom stereocenters. The van der Waals surface area contributed by atoms with Crippen LogP contribution in [0.1, 0.15) is 16.1 Å². The first kappa shape index (κ1) is 13.6. The summed E-state index contributed by atoms with van der Waals surface area (Å²) in [7, 11) is 0. The zero-order valence-corrected chi connectivity index (χ0v) is 11.8. The Labute approximate surface area is 125 Å². The molecule has 6 nitrogen and oxygen atoms in total. The fourth-order valence-electron chi connectivity index (χ4n) is 2.16. The highest BCUT2D eigenvalue weighted by atomic mass is 35.5. The van der Waals surface area contributed by atoms with E-state index in [0.717, 1.165) is 17.5 Å². The Morgan fingerprint density at radius 3 is 3.05 bits per heavy atom. The first-order valence-electron chi connectivity index (χ1n) is 6.39. The molecule has 0 saturated heterocycles. The van der Waals surface area contributed by atoms with Gasteiger partial charge in [0.05, 0.1) is 12.7 Å². The molecule has 7 heteroatoms. The van der Waals surface area contributed by atoms with Gasteiger partial charge in [0, 0.05) is 23.3 Å². The Kier molecular flexibility index (Phi) is 3.62. The van der Waals surface area contributed by atoms with E-state index in [9.17, 15) is 9.59 Å². The van der Waals surface area contributed by atoms with Gasteiger partial charge in [0.1, 0.15) is 18.1 Å². The lowest BCUT2D eigenvalue weighted by Gasteiger charge is -2.19. The summed E-state index contributed by atoms with van der Waals surface area (Å²) in [5.41, 5.74) is 0.695. The van der Waals surface area contributed by atoms with Gasteiger partial charge in [0.2, 0.25) is 0 Å². The van der Waals surface area contributed by atoms with Crippen LogP contribution >= 0.6 is 11.6 Å². The first-order valence-corrected chi connectivity index (χ1v) is 6.76. The maximum absolute atomic E-state index is 12.4. The van der Waals surface area contributed by atoms with Crippen molar-refractivity contribution in [2.24, 2.45) is 0 Å². The van der Waals surface area contributed by atoms with Crippen LogP contribution in [0.15, 0.2) is 35.4 Å². The van der Waals surface area contributed by atoms with E-state index in [1.807, 2.05) is 0 Å². The topological polar surface area (TPSA) is 75.3 Å². The normalized spacial score (nSPS) is 14.0. The molecular weight excluding hydrogens is 294 g/mol. The van der Waals surface area contributed by atoms with Gasteiger partial charge >= 0.3 is 0 Å². The number of carbonyl (C=O) groups is 1. The number of nitrogens with one attached hydrogen (secondary N) is 1. The summed E-state index contributed by atoms with van der Waals surface area (Å²) in [4.78, 5) is 31.3. The second-order valence-electron chi connectivity index (χ2n) is 4.62. The molecule has 0 fully saturated rings. The van der Waals surface area contributed by atoms with Gasteiger partial charge in [0.15, 0.2) is 0 Å². The van der Waals surface area contributed by atoms with Crippen molar-refractivity contribution in [3.05, 3.63) is 57.2 Å². The highest BCUT2D eigenvalue weighted by molar-refractivity contribution is 6.30. The maximum atomic E-state index is 12.4. The Bertz CT molecular complexity index is 724. The second-order valence-corrected chi connectivity index (χ2v) is 5.06. The van der Waals surface area contributed by atoms with E-state index in [-0.39, 0.29) is 17.2 Å². The number of rotatable bonds is 1. The summed E-state index contributed by atoms with van der Waals surface area (Å²) in [5, 5.41) is 0.591. The monoisotopic (exact) mass is 305 g/mol. The van der Waals surface area contributed by atoms with Gasteiger partial charge in [0.25, 0.3) is 11.5 Å². The molecule has 1 N–H and O–H groups in total. The summed E-state index contributed by atoms with van der Waals surface area (Å²) < 4.78 is 5.61. The SMILES string of the molecule is O=C(c1c[nH]c(=O)cn1)N1CCOc2ccc(Cl)cc2C1. The van der Waals surface area contributed by atoms with E-state index in [1.165, 1.54) is 6.20 Å². The van der Waals surface area contributed by atoms with Gasteiger partial charge in [-0.25, -0.2) is 4.98 Å². The van der Waals surface area contributed by atoms with Crippen molar-refractivity contribution in [3.63, 3.8) is 0 Å². The zero-order chi connectivity index (χ0) is 14.8. The highest BCUT2D eigenvalue weighted by Gasteiger charge is 2.22. The lowest BCUT2D eigenvalue weighted by atomic mass is 10.2. The molecule has 1 aliphatic rings. The minimum absolute atomic E-state index is 0.195. The zero-order valence-electron chi connectivity index (χ0n) is 11.0. The van der Waals surface area contributed by atoms with Crippen LogP contribution < -0.4 is 10.3 Å². The van der Waals surface area contributed by atoms with Crippen LogP contribution in [-0.2, 0) is 6.54 Å². The molecule has 0 bridgehead atoms. The van der Waals surface area contributed by atoms with Crippen molar-refractivity contribution in [3.8, 4) is 5.75 Å². The quantitative estimate of drug-likeness (QED) is 0.865. The van der Waals surface area contributed by atoms with E-state index >= 15 is 0 Å². The first-order chi connectivity index (χ1) is 10.1. The van der Waals surface area contributed by atoms with Gasteiger partial charge in [-0.1, -0.05) is 11.6 Å². The third-order valence-electron chi connectivity index (χ3n) is 3.18. The molecule has 3 rings (SSSR count). The molecule has 1 amide bonds. The van der Waals surface area contributed by atoms with E-state index in [2.05, 4.69) is 9.97 Å². The summed E-state index contributed by atoms with van der Waals surface area (Å²) in [6.07, 6.45) is 2.40. The Balaban J connectivity index is 1.87. The average molecular weight is 306 g/mol. The van der Waals surface area contributed by atoms with E-state index < -0.39 is 0 Å². The number of fused-ring (bicyclic) bond motifs is 1. The fourth-order valence-corrected chi connectivity index (χ4v) is 2.35. The standard InChI is InChI=1S/C14H12ClN3O3/c15-10-1-2-12-9(5-10)8-18(3-4-21-12)14(20)11-6-17-13(19)7-16-11/h1-2,5-7H,3-4,8H2,(H,17,19). The van der Waals surface area contributed by atoms with Gasteiger partial charge in [-0.3, -0.25) is 9.59 Å². The van der Waals surface area contributed by atoms with Crippen LogP contribution in [0.3, 0.4) is 0 Å². The molecule has 108 valence electrons. The number of aromatic amines is 1. The number of halogens is 1. The lowest BCUT2D eigenvalue weighted by Crippen LogP contribution is -2.33. The molecule has 1 aromatic heterocycles. The predicted octanol–water partition coefficient (Wildman–Crippen LogP) is 1.46. The molecule has 1 aliphatic heterocycles. The van der Waals surface area contributed by atoms with Crippen molar-refractivity contribution in [1.82, 2.24) is 14.9 Å². The van der Waals surface area contributed by atoms with Crippen LogP contribution in [0.2, 0.25) is 5.02 Å². The summed E-state index contributed by atoms with van der Waals surface area (Å²) in [6, 6.07) is 5.33. The van der Waals surface area contributed by atoms with Crippen molar-refractivity contribution < 1.29 is 9.53 Å². The van der Waals surface area contributed by atoms with E-state index in [4.69, 9.17) is 16.3 Å². The summed E-state index contributed by atoms with van der Waals surface area (Å²) >= 11 is 5.98. The number of H-pyrrole nitrogens is 1. The molecule has 0 aliphatic carbocycles. The highest BCUT2D eigenvalue weighted by Crippen LogP contribution is 2.26. The average Bonchev–Trinajstić information content (AvgIpc) is 2.69. The van der Waals surface area contributed by atoms with Crippen LogP contribution in [-0.4, -0.2) is 33.9 Å². The lowest BCUT2D eigenvalue weighted by molar-refractivity contribution is 0.0726. The number of hydrogen-bond donors (Lipinski definition) is 1. The molecular formula is C14H12ClN3O3.